The van der Waals surface area contributed by atoms with Crippen molar-refractivity contribution in [2.45, 2.75) is 25.3 Å². The third kappa shape index (κ3) is 4.86. The summed E-state index contributed by atoms with van der Waals surface area (Å²) >= 11 is 0. The second-order valence-electron chi connectivity index (χ2n) is 6.28. The van der Waals surface area contributed by atoms with Gasteiger partial charge in [0.25, 0.3) is 0 Å². The number of amides is 1. The van der Waals surface area contributed by atoms with Gasteiger partial charge < -0.3 is 20.4 Å². The van der Waals surface area contributed by atoms with Crippen LogP contribution in [0.1, 0.15) is 19.3 Å². The average Bonchev–Trinajstić information content (AvgIpc) is 2.60. The summed E-state index contributed by atoms with van der Waals surface area (Å²) in [7, 11) is 3.80. The average molecular weight is 391 g/mol. The molecule has 1 aromatic heterocycles. The lowest BCUT2D eigenvalue weighted by Gasteiger charge is -2.47. The van der Waals surface area contributed by atoms with Gasteiger partial charge in [-0.3, -0.25) is 4.79 Å². The lowest BCUT2D eigenvalue weighted by molar-refractivity contribution is -0.139. The molecular formula is C16H28Cl2N6O. The van der Waals surface area contributed by atoms with Gasteiger partial charge in [-0.15, -0.1) is 24.8 Å². The molecule has 0 unspecified atom stereocenters. The molecule has 7 nitrogen and oxygen atoms in total. The predicted octanol–water partition coefficient (Wildman–Crippen LogP) is 1.40. The number of nitrogens with one attached hydrogen (secondary N) is 2. The van der Waals surface area contributed by atoms with Gasteiger partial charge in [0.05, 0.1) is 0 Å². The van der Waals surface area contributed by atoms with Crippen molar-refractivity contribution in [3.8, 4) is 0 Å². The van der Waals surface area contributed by atoms with Crippen molar-refractivity contribution < 1.29 is 4.79 Å². The smallest absolute Gasteiger partial charge is 0.227 e. The van der Waals surface area contributed by atoms with Crippen LogP contribution in [0.2, 0.25) is 0 Å². The van der Waals surface area contributed by atoms with Gasteiger partial charge in [0.2, 0.25) is 11.9 Å². The predicted molar refractivity (Wildman–Crippen MR) is 105 cm³/mol. The van der Waals surface area contributed by atoms with E-state index in [0.717, 1.165) is 50.8 Å². The number of hydrogen-bond acceptors (Lipinski definition) is 6. The Morgan fingerprint density at radius 3 is 2.80 bits per heavy atom. The van der Waals surface area contributed by atoms with E-state index in [2.05, 4.69) is 30.4 Å². The summed E-state index contributed by atoms with van der Waals surface area (Å²) in [5, 5.41) is 6.21. The number of halogens is 2. The fourth-order valence-electron chi connectivity index (χ4n) is 3.70. The molecule has 1 amide bonds. The monoisotopic (exact) mass is 390 g/mol. The van der Waals surface area contributed by atoms with Crippen molar-refractivity contribution in [1.82, 2.24) is 20.2 Å². The van der Waals surface area contributed by atoms with Crippen LogP contribution in [-0.4, -0.2) is 67.1 Å². The molecular weight excluding hydrogens is 363 g/mol. The minimum Gasteiger partial charge on any atom is -0.373 e. The molecule has 0 radical (unpaired) electrons. The number of hydrogen-bond donors (Lipinski definition) is 2. The molecule has 0 aliphatic carbocycles. The zero-order chi connectivity index (χ0) is 16.2. The van der Waals surface area contributed by atoms with Crippen LogP contribution in [0.5, 0.6) is 0 Å². The summed E-state index contributed by atoms with van der Waals surface area (Å²) in [6.45, 7) is 3.49. The first kappa shape index (κ1) is 21.7. The highest BCUT2D eigenvalue weighted by Crippen LogP contribution is 2.32. The molecule has 9 heteroatoms. The second kappa shape index (κ2) is 9.99. The molecule has 2 atom stereocenters. The van der Waals surface area contributed by atoms with Crippen LogP contribution in [0.15, 0.2) is 12.3 Å². The summed E-state index contributed by atoms with van der Waals surface area (Å²) in [6.07, 6.45) is 4.43. The second-order valence-corrected chi connectivity index (χ2v) is 6.28. The van der Waals surface area contributed by atoms with Gasteiger partial charge in [-0.05, 0) is 31.9 Å². The number of nitrogens with zero attached hydrogens (tertiary/aromatic N) is 4. The van der Waals surface area contributed by atoms with Crippen molar-refractivity contribution in [1.29, 1.82) is 0 Å². The number of carbonyl (C=O) groups excluding carboxylic acids is 1. The van der Waals surface area contributed by atoms with Gasteiger partial charge in [0.15, 0.2) is 0 Å². The Morgan fingerprint density at radius 2 is 2.08 bits per heavy atom. The van der Waals surface area contributed by atoms with E-state index >= 15 is 0 Å². The topological polar surface area (TPSA) is 73.4 Å². The molecule has 2 N–H and O–H groups in total. The van der Waals surface area contributed by atoms with Crippen molar-refractivity contribution in [3.63, 3.8) is 0 Å². The summed E-state index contributed by atoms with van der Waals surface area (Å²) < 4.78 is 0. The number of rotatable bonds is 5. The number of likely N-dealkylation sites (N-methyl/N-ethyl adjacent to an activating group) is 1. The van der Waals surface area contributed by atoms with Crippen LogP contribution in [-0.2, 0) is 4.79 Å². The van der Waals surface area contributed by atoms with Gasteiger partial charge in [-0.25, -0.2) is 4.98 Å². The Hall–Kier alpha value is -1.31. The van der Waals surface area contributed by atoms with Gasteiger partial charge in [0.1, 0.15) is 5.82 Å². The molecule has 2 aliphatic heterocycles. The Kier molecular flexibility index (Phi) is 8.68. The van der Waals surface area contributed by atoms with Crippen LogP contribution in [0.25, 0.3) is 0 Å². The van der Waals surface area contributed by atoms with E-state index in [0.29, 0.717) is 24.3 Å². The Balaban J connectivity index is 0.00000156. The molecule has 0 aromatic carbocycles. The van der Waals surface area contributed by atoms with E-state index < -0.39 is 0 Å². The van der Waals surface area contributed by atoms with Gasteiger partial charge in [-0.2, -0.15) is 4.98 Å². The molecule has 3 rings (SSSR count). The first-order chi connectivity index (χ1) is 11.2. The van der Waals surface area contributed by atoms with E-state index in [1.54, 1.807) is 6.20 Å². The standard InChI is InChI=1S/C16H26N6O.2ClH/c1-17-8-10-22-13-6-9-21(11-12(13)3-4-15(22)23)16-19-7-5-14(18-2)20-16;;/h5,7,12-13,17H,3-4,6,8-11H2,1-2H3,(H,18,19,20);2*1H/t12-,13+;;/m0../s1. The van der Waals surface area contributed by atoms with E-state index in [1.807, 2.05) is 20.2 Å². The summed E-state index contributed by atoms with van der Waals surface area (Å²) in [4.78, 5) is 25.6. The number of carbonyl (C=O) groups is 1. The highest BCUT2D eigenvalue weighted by atomic mass is 35.5. The number of likely N-dealkylation sites (tertiary alicyclic amines) is 1. The first-order valence-corrected chi connectivity index (χ1v) is 8.42. The molecule has 2 aliphatic rings. The molecule has 0 spiro atoms. The van der Waals surface area contributed by atoms with Crippen LogP contribution >= 0.6 is 24.8 Å². The molecule has 1 aromatic rings. The first-order valence-electron chi connectivity index (χ1n) is 8.42. The quantitative estimate of drug-likeness (QED) is 0.791. The minimum absolute atomic E-state index is 0. The summed E-state index contributed by atoms with van der Waals surface area (Å²) in [5.41, 5.74) is 0. The number of piperidine rings is 2. The zero-order valence-electron chi connectivity index (χ0n) is 14.8. The van der Waals surface area contributed by atoms with Crippen LogP contribution in [0, 0.1) is 5.92 Å². The normalized spacial score (nSPS) is 22.6. The molecule has 25 heavy (non-hydrogen) atoms. The SMILES string of the molecule is CNCCN1C(=O)CC[C@H]2CN(c3nccc(NC)n3)CC[C@H]21.Cl.Cl. The number of aromatic nitrogens is 2. The fourth-order valence-corrected chi connectivity index (χ4v) is 3.70. The lowest BCUT2D eigenvalue weighted by atomic mass is 9.83. The zero-order valence-corrected chi connectivity index (χ0v) is 16.4. The largest absolute Gasteiger partial charge is 0.373 e. The van der Waals surface area contributed by atoms with Crippen LogP contribution in [0.4, 0.5) is 11.8 Å². The molecule has 0 bridgehead atoms. The summed E-state index contributed by atoms with van der Waals surface area (Å²) in [6, 6.07) is 2.24. The van der Waals surface area contributed by atoms with Gasteiger partial charge >= 0.3 is 0 Å². The molecule has 0 saturated carbocycles. The number of anilines is 2. The number of fused-ring (bicyclic) bond motifs is 1. The van der Waals surface area contributed by atoms with Gasteiger partial charge in [-0.1, -0.05) is 0 Å². The Bertz CT molecular complexity index is 561. The maximum absolute atomic E-state index is 12.2. The van der Waals surface area contributed by atoms with Crippen molar-refractivity contribution in [2.75, 3.05) is 50.5 Å². The van der Waals surface area contributed by atoms with E-state index in [-0.39, 0.29) is 24.8 Å². The van der Waals surface area contributed by atoms with Crippen molar-refractivity contribution in [2.24, 2.45) is 5.92 Å². The molecule has 2 fully saturated rings. The Morgan fingerprint density at radius 1 is 1.28 bits per heavy atom. The molecule has 3 heterocycles. The highest BCUT2D eigenvalue weighted by molar-refractivity contribution is 5.85. The van der Waals surface area contributed by atoms with Crippen molar-refractivity contribution in [3.05, 3.63) is 12.3 Å². The maximum Gasteiger partial charge on any atom is 0.227 e. The highest BCUT2D eigenvalue weighted by Gasteiger charge is 2.39. The van der Waals surface area contributed by atoms with E-state index in [9.17, 15) is 4.79 Å². The third-order valence-electron chi connectivity index (χ3n) is 4.93. The maximum atomic E-state index is 12.2. The lowest BCUT2D eigenvalue weighted by Crippen LogP contribution is -2.57. The van der Waals surface area contributed by atoms with Crippen LogP contribution < -0.4 is 15.5 Å². The van der Waals surface area contributed by atoms with Crippen LogP contribution in [0.3, 0.4) is 0 Å². The Labute approximate surface area is 161 Å². The minimum atomic E-state index is 0. The molecule has 142 valence electrons. The van der Waals surface area contributed by atoms with Crippen molar-refractivity contribution >= 4 is 42.5 Å². The molecule has 2 saturated heterocycles. The van der Waals surface area contributed by atoms with E-state index in [4.69, 9.17) is 0 Å². The van der Waals surface area contributed by atoms with E-state index in [1.165, 1.54) is 0 Å². The third-order valence-corrected chi connectivity index (χ3v) is 4.93. The fraction of sp³-hybridized carbons (Fsp3) is 0.688. The van der Waals surface area contributed by atoms with Gasteiger partial charge in [0, 0.05) is 51.9 Å². The summed E-state index contributed by atoms with van der Waals surface area (Å²) in [5.74, 6) is 2.45.